The predicted octanol–water partition coefficient (Wildman–Crippen LogP) is -0.851. The summed E-state index contributed by atoms with van der Waals surface area (Å²) in [5.74, 6) is 0.0918. The number of carbonyl (C=O) groups excluding carboxylic acids is 2. The largest absolute Gasteiger partial charge is 0.391 e. The lowest BCUT2D eigenvalue weighted by molar-refractivity contribution is -0.135. The van der Waals surface area contributed by atoms with Crippen LogP contribution in [-0.2, 0) is 14.3 Å². The van der Waals surface area contributed by atoms with Gasteiger partial charge in [0.25, 0.3) is 0 Å². The topological polar surface area (TPSA) is 73.3 Å². The summed E-state index contributed by atoms with van der Waals surface area (Å²) in [6, 6.07) is 0.0643. The molecule has 7 nitrogen and oxygen atoms in total. The Morgan fingerprint density at radius 1 is 1.05 bits per heavy atom. The SMILES string of the molecule is COCC(=O)N1CC[C@H](O)[C@@H](N2CCN(C(C)=O)CC2)CC1. The van der Waals surface area contributed by atoms with Crippen molar-refractivity contribution in [1.29, 1.82) is 0 Å². The molecular weight excluding hydrogens is 286 g/mol. The second-order valence-electron chi connectivity index (χ2n) is 6.07. The van der Waals surface area contributed by atoms with Gasteiger partial charge >= 0.3 is 0 Å². The van der Waals surface area contributed by atoms with Crippen LogP contribution in [0.2, 0.25) is 0 Å². The monoisotopic (exact) mass is 313 g/mol. The van der Waals surface area contributed by atoms with Gasteiger partial charge < -0.3 is 19.6 Å². The molecule has 0 aromatic rings. The van der Waals surface area contributed by atoms with E-state index in [0.717, 1.165) is 19.5 Å². The fourth-order valence-electron chi connectivity index (χ4n) is 3.33. The van der Waals surface area contributed by atoms with Gasteiger partial charge in [-0.15, -0.1) is 0 Å². The second kappa shape index (κ2) is 7.89. The van der Waals surface area contributed by atoms with E-state index < -0.39 is 6.10 Å². The fourth-order valence-corrected chi connectivity index (χ4v) is 3.33. The van der Waals surface area contributed by atoms with Crippen LogP contribution in [-0.4, -0.2) is 96.8 Å². The number of hydrogen-bond acceptors (Lipinski definition) is 5. The standard InChI is InChI=1S/C15H27N3O4/c1-12(19)16-7-9-17(10-8-16)13-3-5-18(6-4-14(13)20)15(21)11-22-2/h13-14,20H,3-11H2,1-2H3/t13-,14-/m0/s1. The number of nitrogens with zero attached hydrogens (tertiary/aromatic N) is 3. The molecular formula is C15H27N3O4. The van der Waals surface area contributed by atoms with Crippen LogP contribution < -0.4 is 0 Å². The maximum Gasteiger partial charge on any atom is 0.248 e. The van der Waals surface area contributed by atoms with E-state index in [1.807, 2.05) is 4.90 Å². The number of rotatable bonds is 3. The average Bonchev–Trinajstić information content (AvgIpc) is 2.69. The number of amides is 2. The smallest absolute Gasteiger partial charge is 0.248 e. The van der Waals surface area contributed by atoms with Gasteiger partial charge in [-0.2, -0.15) is 0 Å². The van der Waals surface area contributed by atoms with Crippen LogP contribution >= 0.6 is 0 Å². The summed E-state index contributed by atoms with van der Waals surface area (Å²) in [5, 5.41) is 10.4. The highest BCUT2D eigenvalue weighted by atomic mass is 16.5. The highest BCUT2D eigenvalue weighted by Gasteiger charge is 2.32. The molecule has 0 aliphatic carbocycles. The van der Waals surface area contributed by atoms with Crippen LogP contribution in [0, 0.1) is 0 Å². The molecule has 2 saturated heterocycles. The Kier molecular flexibility index (Phi) is 6.16. The number of hydrogen-bond donors (Lipinski definition) is 1. The molecule has 0 aromatic carbocycles. The van der Waals surface area contributed by atoms with Crippen molar-refractivity contribution in [3.05, 3.63) is 0 Å². The van der Waals surface area contributed by atoms with E-state index in [1.165, 1.54) is 7.11 Å². The lowest BCUT2D eigenvalue weighted by Crippen LogP contribution is -2.54. The highest BCUT2D eigenvalue weighted by Crippen LogP contribution is 2.19. The van der Waals surface area contributed by atoms with Crippen molar-refractivity contribution < 1.29 is 19.4 Å². The van der Waals surface area contributed by atoms with Gasteiger partial charge in [0.15, 0.2) is 0 Å². The molecule has 0 radical (unpaired) electrons. The Labute approximate surface area is 131 Å². The normalized spacial score (nSPS) is 27.6. The van der Waals surface area contributed by atoms with Crippen molar-refractivity contribution in [1.82, 2.24) is 14.7 Å². The maximum atomic E-state index is 11.9. The summed E-state index contributed by atoms with van der Waals surface area (Å²) in [6.07, 6.45) is 0.924. The lowest BCUT2D eigenvalue weighted by atomic mass is 10.0. The van der Waals surface area contributed by atoms with Crippen LogP contribution in [0.4, 0.5) is 0 Å². The molecule has 2 heterocycles. The number of piperazine rings is 1. The summed E-state index contributed by atoms with van der Waals surface area (Å²) in [7, 11) is 1.52. The first-order chi connectivity index (χ1) is 10.5. The van der Waals surface area contributed by atoms with Crippen molar-refractivity contribution in [3.63, 3.8) is 0 Å². The van der Waals surface area contributed by atoms with Crippen LogP contribution in [0.5, 0.6) is 0 Å². The average molecular weight is 313 g/mol. The van der Waals surface area contributed by atoms with Gasteiger partial charge in [0.2, 0.25) is 11.8 Å². The number of aliphatic hydroxyl groups excluding tert-OH is 1. The lowest BCUT2D eigenvalue weighted by Gasteiger charge is -2.40. The Bertz CT molecular complexity index is 396. The maximum absolute atomic E-state index is 11.9. The summed E-state index contributed by atoms with van der Waals surface area (Å²) in [5.41, 5.74) is 0. The molecule has 126 valence electrons. The zero-order chi connectivity index (χ0) is 16.1. The molecule has 0 aromatic heterocycles. The fraction of sp³-hybridized carbons (Fsp3) is 0.867. The third kappa shape index (κ3) is 4.18. The highest BCUT2D eigenvalue weighted by molar-refractivity contribution is 5.77. The molecule has 2 fully saturated rings. The molecule has 7 heteroatoms. The molecule has 2 atom stereocenters. The predicted molar refractivity (Wildman–Crippen MR) is 81.3 cm³/mol. The summed E-state index contributed by atoms with van der Waals surface area (Å²) < 4.78 is 4.90. The summed E-state index contributed by atoms with van der Waals surface area (Å²) >= 11 is 0. The minimum Gasteiger partial charge on any atom is -0.391 e. The third-order valence-electron chi connectivity index (χ3n) is 4.68. The van der Waals surface area contributed by atoms with Crippen molar-refractivity contribution in [2.75, 3.05) is 53.0 Å². The first-order valence-corrected chi connectivity index (χ1v) is 7.97. The van der Waals surface area contributed by atoms with Gasteiger partial charge in [0.05, 0.1) is 6.10 Å². The second-order valence-corrected chi connectivity index (χ2v) is 6.07. The van der Waals surface area contributed by atoms with Gasteiger partial charge in [0.1, 0.15) is 6.61 Å². The van der Waals surface area contributed by atoms with Gasteiger partial charge in [-0.05, 0) is 12.8 Å². The molecule has 2 rings (SSSR count). The minimum absolute atomic E-state index is 0.0169. The van der Waals surface area contributed by atoms with Gasteiger partial charge in [0, 0.05) is 59.3 Å². The van der Waals surface area contributed by atoms with Crippen LogP contribution in [0.25, 0.3) is 0 Å². The number of methoxy groups -OCH3 is 1. The molecule has 0 spiro atoms. The molecule has 2 aliphatic rings. The zero-order valence-electron chi connectivity index (χ0n) is 13.5. The van der Waals surface area contributed by atoms with E-state index in [1.54, 1.807) is 11.8 Å². The van der Waals surface area contributed by atoms with Crippen molar-refractivity contribution in [2.24, 2.45) is 0 Å². The molecule has 1 N–H and O–H groups in total. The Morgan fingerprint density at radius 2 is 1.68 bits per heavy atom. The summed E-state index contributed by atoms with van der Waals surface area (Å²) in [4.78, 5) is 29.2. The first kappa shape index (κ1) is 17.2. The number of likely N-dealkylation sites (tertiary alicyclic amines) is 1. The Morgan fingerprint density at radius 3 is 2.27 bits per heavy atom. The Balaban J connectivity index is 1.89. The van der Waals surface area contributed by atoms with E-state index in [9.17, 15) is 14.7 Å². The van der Waals surface area contributed by atoms with E-state index >= 15 is 0 Å². The van der Waals surface area contributed by atoms with Crippen LogP contribution in [0.3, 0.4) is 0 Å². The number of aliphatic hydroxyl groups is 1. The van der Waals surface area contributed by atoms with Gasteiger partial charge in [-0.1, -0.05) is 0 Å². The minimum atomic E-state index is -0.427. The van der Waals surface area contributed by atoms with Gasteiger partial charge in [-0.25, -0.2) is 0 Å². The van der Waals surface area contributed by atoms with E-state index in [0.29, 0.717) is 32.6 Å². The molecule has 22 heavy (non-hydrogen) atoms. The first-order valence-electron chi connectivity index (χ1n) is 7.97. The number of ether oxygens (including phenoxy) is 1. The zero-order valence-corrected chi connectivity index (χ0v) is 13.5. The molecule has 2 aliphatic heterocycles. The number of carbonyl (C=O) groups is 2. The van der Waals surface area contributed by atoms with Crippen LogP contribution in [0.15, 0.2) is 0 Å². The van der Waals surface area contributed by atoms with E-state index in [4.69, 9.17) is 4.74 Å². The van der Waals surface area contributed by atoms with Gasteiger partial charge in [-0.3, -0.25) is 14.5 Å². The molecule has 0 saturated carbocycles. The quantitative estimate of drug-likeness (QED) is 0.735. The molecule has 2 amide bonds. The van der Waals surface area contributed by atoms with E-state index in [-0.39, 0.29) is 24.5 Å². The van der Waals surface area contributed by atoms with Crippen molar-refractivity contribution >= 4 is 11.8 Å². The van der Waals surface area contributed by atoms with E-state index in [2.05, 4.69) is 4.90 Å². The third-order valence-corrected chi connectivity index (χ3v) is 4.68. The summed E-state index contributed by atoms with van der Waals surface area (Å²) in [6.45, 7) is 5.91. The van der Waals surface area contributed by atoms with Crippen LogP contribution in [0.1, 0.15) is 19.8 Å². The molecule has 0 unspecified atom stereocenters. The Hall–Kier alpha value is -1.18. The molecule has 0 bridgehead atoms. The van der Waals surface area contributed by atoms with Crippen molar-refractivity contribution in [2.45, 2.75) is 31.9 Å². The van der Waals surface area contributed by atoms with Crippen molar-refractivity contribution in [3.8, 4) is 0 Å².